The molecular weight excluding hydrogens is 380 g/mol. The van der Waals surface area contributed by atoms with Gasteiger partial charge in [-0.1, -0.05) is 36.7 Å². The van der Waals surface area contributed by atoms with Crippen LogP contribution in [0.15, 0.2) is 47.1 Å². The van der Waals surface area contributed by atoms with Crippen LogP contribution in [0.5, 0.6) is 0 Å². The minimum atomic E-state index is -0.286. The predicted octanol–water partition coefficient (Wildman–Crippen LogP) is 3.19. The topological polar surface area (TPSA) is 47.7 Å². The zero-order chi connectivity index (χ0) is 19.0. The van der Waals surface area contributed by atoms with E-state index in [0.29, 0.717) is 16.6 Å². The van der Waals surface area contributed by atoms with Gasteiger partial charge in [-0.2, -0.15) is 11.8 Å². The second kappa shape index (κ2) is 7.60. The Bertz CT molecular complexity index is 850. The van der Waals surface area contributed by atoms with Gasteiger partial charge in [0.05, 0.1) is 6.04 Å². The van der Waals surface area contributed by atoms with Crippen LogP contribution >= 0.6 is 23.4 Å². The smallest absolute Gasteiger partial charge is 0.256 e. The van der Waals surface area contributed by atoms with Crippen molar-refractivity contribution in [3.63, 3.8) is 0 Å². The lowest BCUT2D eigenvalue weighted by atomic mass is 9.96. The summed E-state index contributed by atoms with van der Waals surface area (Å²) in [4.78, 5) is 21.7. The first kappa shape index (κ1) is 18.4. The number of thioether (sulfide) groups is 1. The molecule has 1 amide bonds. The lowest BCUT2D eigenvalue weighted by Gasteiger charge is -2.34. The first-order chi connectivity index (χ1) is 13.1. The summed E-state index contributed by atoms with van der Waals surface area (Å²) in [5, 5.41) is 3.89. The summed E-state index contributed by atoms with van der Waals surface area (Å²) in [6.07, 6.45) is 4.75. The molecule has 0 spiro atoms. The maximum absolute atomic E-state index is 12.9. The van der Waals surface area contributed by atoms with Gasteiger partial charge in [0.15, 0.2) is 6.17 Å². The molecule has 0 radical (unpaired) electrons. The fourth-order valence-corrected chi connectivity index (χ4v) is 4.45. The first-order valence-electron chi connectivity index (χ1n) is 9.22. The molecule has 3 heterocycles. The number of carbonyl (C=O) groups excluding carboxylic acids is 1. The molecule has 1 fully saturated rings. The molecule has 3 aliphatic heterocycles. The highest BCUT2D eigenvalue weighted by Crippen LogP contribution is 2.34. The van der Waals surface area contributed by atoms with E-state index < -0.39 is 0 Å². The molecule has 0 aliphatic carbocycles. The number of benzene rings is 1. The van der Waals surface area contributed by atoms with Crippen molar-refractivity contribution in [1.29, 1.82) is 0 Å². The third kappa shape index (κ3) is 3.60. The fraction of sp³-hybridized carbons (Fsp3) is 0.400. The number of carbonyl (C=O) groups is 1. The second-order valence-corrected chi connectivity index (χ2v) is 8.66. The third-order valence-electron chi connectivity index (χ3n) is 5.09. The van der Waals surface area contributed by atoms with E-state index in [1.54, 1.807) is 18.0 Å². The third-order valence-corrected chi connectivity index (χ3v) is 6.35. The van der Waals surface area contributed by atoms with E-state index in [9.17, 15) is 4.79 Å². The van der Waals surface area contributed by atoms with Crippen LogP contribution in [0, 0.1) is 0 Å². The zero-order valence-corrected chi connectivity index (χ0v) is 17.1. The van der Waals surface area contributed by atoms with E-state index in [-0.39, 0.29) is 12.1 Å². The largest absolute Gasteiger partial charge is 0.336 e. The molecule has 2 unspecified atom stereocenters. The lowest BCUT2D eigenvalue weighted by molar-refractivity contribution is -0.125. The van der Waals surface area contributed by atoms with Crippen LogP contribution in [0.2, 0.25) is 5.02 Å². The Morgan fingerprint density at radius 2 is 2.19 bits per heavy atom. The summed E-state index contributed by atoms with van der Waals surface area (Å²) >= 11 is 8.28. The molecule has 1 N–H and O–H groups in total. The van der Waals surface area contributed by atoms with Crippen LogP contribution < -0.4 is 5.32 Å². The minimum absolute atomic E-state index is 0.0584. The molecule has 1 aromatic rings. The summed E-state index contributed by atoms with van der Waals surface area (Å²) in [6, 6.07) is 7.99. The molecule has 1 aromatic carbocycles. The van der Waals surface area contributed by atoms with Crippen molar-refractivity contribution in [1.82, 2.24) is 15.1 Å². The van der Waals surface area contributed by atoms with Gasteiger partial charge in [-0.3, -0.25) is 4.79 Å². The Labute approximate surface area is 169 Å². The molecule has 3 aliphatic rings. The van der Waals surface area contributed by atoms with Crippen LogP contribution in [0.1, 0.15) is 18.9 Å². The number of likely N-dealkylation sites (N-methyl/N-ethyl adjacent to an activating group) is 1. The van der Waals surface area contributed by atoms with Gasteiger partial charge in [0, 0.05) is 41.5 Å². The number of amides is 1. The minimum Gasteiger partial charge on any atom is -0.336 e. The van der Waals surface area contributed by atoms with Gasteiger partial charge in [-0.05, 0) is 30.1 Å². The first-order valence-corrected chi connectivity index (χ1v) is 10.8. The molecule has 0 aromatic heterocycles. The predicted molar refractivity (Wildman–Crippen MR) is 113 cm³/mol. The van der Waals surface area contributed by atoms with Gasteiger partial charge in [-0.25, -0.2) is 4.99 Å². The summed E-state index contributed by atoms with van der Waals surface area (Å²) in [6.45, 7) is 3.22. The zero-order valence-electron chi connectivity index (χ0n) is 15.5. The number of nitrogens with one attached hydrogen (secondary N) is 1. The Morgan fingerprint density at radius 1 is 1.37 bits per heavy atom. The number of halogens is 1. The quantitative estimate of drug-likeness (QED) is 0.607. The summed E-state index contributed by atoms with van der Waals surface area (Å²) in [7, 11) is 1.80. The van der Waals surface area contributed by atoms with E-state index in [0.717, 1.165) is 29.4 Å². The number of nitrogens with zero attached hydrogens (tertiary/aromatic N) is 3. The number of hydrogen-bond donors (Lipinski definition) is 1. The lowest BCUT2D eigenvalue weighted by Crippen LogP contribution is -2.45. The molecule has 142 valence electrons. The highest BCUT2D eigenvalue weighted by Gasteiger charge is 2.40. The number of hydrogen-bond acceptors (Lipinski definition) is 5. The second-order valence-electron chi connectivity index (χ2n) is 6.86. The molecule has 7 heteroatoms. The number of fused-ring (bicyclic) bond motifs is 1. The maximum Gasteiger partial charge on any atom is 0.256 e. The number of guanidine groups is 1. The van der Waals surface area contributed by atoms with Gasteiger partial charge >= 0.3 is 0 Å². The van der Waals surface area contributed by atoms with Gasteiger partial charge < -0.3 is 15.1 Å². The monoisotopic (exact) mass is 402 g/mol. The van der Waals surface area contributed by atoms with Crippen molar-refractivity contribution >= 4 is 40.8 Å². The van der Waals surface area contributed by atoms with Crippen molar-refractivity contribution in [2.75, 3.05) is 25.1 Å². The van der Waals surface area contributed by atoms with Crippen LogP contribution in [0.4, 0.5) is 0 Å². The van der Waals surface area contributed by atoms with E-state index in [1.807, 2.05) is 42.2 Å². The Hall–Kier alpha value is -1.92. The van der Waals surface area contributed by atoms with Crippen molar-refractivity contribution in [2.24, 2.45) is 4.99 Å². The standard InChI is InChI=1S/C20H23ClN4OS/c1-3-27-9-8-14-12-25(14)20-22-11-13-10-16(15-6-4-5-7-17(15)21)19(26)24(2)18(13)23-20/h4-7,10-11,14,18H,3,8-9,12H2,1-2H3,(H,22,23). The van der Waals surface area contributed by atoms with Crippen molar-refractivity contribution < 1.29 is 4.79 Å². The van der Waals surface area contributed by atoms with Crippen molar-refractivity contribution in [3.8, 4) is 0 Å². The molecule has 27 heavy (non-hydrogen) atoms. The number of aliphatic imine (C=N–C) groups is 1. The molecule has 4 rings (SSSR count). The molecule has 0 saturated carbocycles. The van der Waals surface area contributed by atoms with Crippen molar-refractivity contribution in [3.05, 3.63) is 52.7 Å². The molecule has 2 atom stereocenters. The number of rotatable bonds is 5. The SMILES string of the molecule is CCSCCC1CN1C1=NC2C(=CN1)C=C(c1ccccc1Cl)C(=O)N2C. The summed E-state index contributed by atoms with van der Waals surface area (Å²) < 4.78 is 0. The summed E-state index contributed by atoms with van der Waals surface area (Å²) in [5.41, 5.74) is 2.33. The fourth-order valence-electron chi connectivity index (χ4n) is 3.49. The average molecular weight is 403 g/mol. The van der Waals surface area contributed by atoms with E-state index >= 15 is 0 Å². The summed E-state index contributed by atoms with van der Waals surface area (Å²) in [5.74, 6) is 3.15. The van der Waals surface area contributed by atoms with Gasteiger partial charge in [0.1, 0.15) is 0 Å². The molecule has 0 bridgehead atoms. The maximum atomic E-state index is 12.9. The highest BCUT2D eigenvalue weighted by molar-refractivity contribution is 7.99. The van der Waals surface area contributed by atoms with Gasteiger partial charge in [0.2, 0.25) is 5.96 Å². The molecular formula is C20H23ClN4OS. The molecule has 5 nitrogen and oxygen atoms in total. The van der Waals surface area contributed by atoms with E-state index in [4.69, 9.17) is 16.6 Å². The Morgan fingerprint density at radius 3 is 2.96 bits per heavy atom. The van der Waals surface area contributed by atoms with Crippen LogP contribution in [-0.4, -0.2) is 59.0 Å². The van der Waals surface area contributed by atoms with Gasteiger partial charge in [0.25, 0.3) is 5.91 Å². The van der Waals surface area contributed by atoms with Gasteiger partial charge in [-0.15, -0.1) is 0 Å². The van der Waals surface area contributed by atoms with Crippen molar-refractivity contribution in [2.45, 2.75) is 25.6 Å². The Balaban J connectivity index is 1.52. The van der Waals surface area contributed by atoms with Crippen LogP contribution in [0.3, 0.4) is 0 Å². The van der Waals surface area contributed by atoms with Crippen LogP contribution in [0.25, 0.3) is 5.57 Å². The van der Waals surface area contributed by atoms with Crippen LogP contribution in [-0.2, 0) is 4.79 Å². The normalized spacial score (nSPS) is 24.0. The molecule has 1 saturated heterocycles. The van der Waals surface area contributed by atoms with E-state index in [2.05, 4.69) is 17.1 Å². The van der Waals surface area contributed by atoms with E-state index in [1.165, 1.54) is 12.2 Å². The highest BCUT2D eigenvalue weighted by atomic mass is 35.5. The Kier molecular flexibility index (Phi) is 5.19. The average Bonchev–Trinajstić information content (AvgIpc) is 3.45.